The summed E-state index contributed by atoms with van der Waals surface area (Å²) < 4.78 is 5.58. The van der Waals surface area contributed by atoms with Gasteiger partial charge in [-0.2, -0.15) is 0 Å². The highest BCUT2D eigenvalue weighted by Gasteiger charge is 2.10. The van der Waals surface area contributed by atoms with E-state index in [0.717, 1.165) is 4.47 Å². The summed E-state index contributed by atoms with van der Waals surface area (Å²) in [5.41, 5.74) is 6.68. The predicted octanol–water partition coefficient (Wildman–Crippen LogP) is 3.72. The molecule has 0 radical (unpaired) electrons. The van der Waals surface area contributed by atoms with E-state index in [0.29, 0.717) is 16.8 Å². The predicted molar refractivity (Wildman–Crippen MR) is 89.9 cm³/mol. The summed E-state index contributed by atoms with van der Waals surface area (Å²) >= 11 is 3.31. The average Bonchev–Trinajstić information content (AvgIpc) is 2.50. The molecule has 0 fully saturated rings. The van der Waals surface area contributed by atoms with Crippen LogP contribution in [-0.2, 0) is 4.74 Å². The number of benzene rings is 2. The molecule has 0 aromatic heterocycles. The monoisotopic (exact) mass is 364 g/mol. The summed E-state index contributed by atoms with van der Waals surface area (Å²) in [4.78, 5) is 22.0. The lowest BCUT2D eigenvalue weighted by molar-refractivity contribution is 0.0999. The number of carbonyl (C=O) groups is 2. The third kappa shape index (κ3) is 5.57. The van der Waals surface area contributed by atoms with Gasteiger partial charge in [0.15, 0.2) is 0 Å². The molecule has 2 aromatic carbocycles. The quantitative estimate of drug-likeness (QED) is 0.851. The minimum atomic E-state index is -0.584. The zero-order valence-electron chi connectivity index (χ0n) is 12.3. The third-order valence-corrected chi connectivity index (χ3v) is 3.28. The van der Waals surface area contributed by atoms with Gasteiger partial charge in [0.1, 0.15) is 0 Å². The van der Waals surface area contributed by atoms with Gasteiger partial charge in [-0.05, 0) is 36.8 Å². The second-order valence-electron chi connectivity index (χ2n) is 4.25. The Morgan fingerprint density at radius 2 is 1.73 bits per heavy atom. The summed E-state index contributed by atoms with van der Waals surface area (Å²) in [6.07, 6.45) is -0.584. The number of nitrogens with two attached hydrogens (primary N) is 1. The maximum atomic E-state index is 11.0. The lowest BCUT2D eigenvalue weighted by Gasteiger charge is -2.09. The van der Waals surface area contributed by atoms with E-state index in [9.17, 15) is 9.59 Å². The molecule has 0 spiro atoms. The Hall–Kier alpha value is -2.34. The molecular formula is C16H17BrN2O3. The Labute approximate surface area is 137 Å². The van der Waals surface area contributed by atoms with E-state index >= 15 is 0 Å². The number of ether oxygens (including phenoxy) is 1. The van der Waals surface area contributed by atoms with Crippen molar-refractivity contribution in [3.8, 4) is 0 Å². The number of anilines is 1. The van der Waals surface area contributed by atoms with Crippen LogP contribution < -0.4 is 11.1 Å². The fourth-order valence-corrected chi connectivity index (χ4v) is 1.92. The molecule has 6 heteroatoms. The normalized spacial score (nSPS) is 9.23. The van der Waals surface area contributed by atoms with Crippen molar-refractivity contribution in [2.45, 2.75) is 6.92 Å². The van der Waals surface area contributed by atoms with E-state index < -0.39 is 12.0 Å². The molecule has 2 rings (SSSR count). The van der Waals surface area contributed by atoms with E-state index in [2.05, 4.69) is 26.0 Å². The number of halogens is 1. The molecule has 0 aliphatic rings. The largest absolute Gasteiger partial charge is 0.453 e. The second kappa shape index (κ2) is 8.84. The van der Waals surface area contributed by atoms with Gasteiger partial charge in [0.05, 0.1) is 7.11 Å². The van der Waals surface area contributed by atoms with Gasteiger partial charge in [0, 0.05) is 15.7 Å². The molecular weight excluding hydrogens is 348 g/mol. The van der Waals surface area contributed by atoms with E-state index in [4.69, 9.17) is 5.73 Å². The summed E-state index contributed by atoms with van der Waals surface area (Å²) in [6.45, 7) is 1.70. The molecule has 0 unspecified atom stereocenters. The van der Waals surface area contributed by atoms with Crippen molar-refractivity contribution < 1.29 is 14.3 Å². The fourth-order valence-electron chi connectivity index (χ4n) is 1.61. The van der Waals surface area contributed by atoms with Crippen molar-refractivity contribution in [2.24, 2.45) is 5.73 Å². The minimum Gasteiger partial charge on any atom is -0.453 e. The third-order valence-electron chi connectivity index (χ3n) is 2.75. The van der Waals surface area contributed by atoms with E-state index in [1.165, 1.54) is 7.11 Å². The van der Waals surface area contributed by atoms with Gasteiger partial charge in [-0.3, -0.25) is 10.1 Å². The molecule has 22 heavy (non-hydrogen) atoms. The molecule has 2 amide bonds. The molecule has 2 aromatic rings. The van der Waals surface area contributed by atoms with Crippen LogP contribution in [0.25, 0.3) is 0 Å². The average molecular weight is 365 g/mol. The van der Waals surface area contributed by atoms with Crippen LogP contribution >= 0.6 is 15.9 Å². The van der Waals surface area contributed by atoms with Gasteiger partial charge in [-0.25, -0.2) is 4.79 Å². The zero-order chi connectivity index (χ0) is 16.5. The van der Waals surface area contributed by atoms with Crippen LogP contribution in [0.2, 0.25) is 0 Å². The Morgan fingerprint density at radius 1 is 1.09 bits per heavy atom. The maximum absolute atomic E-state index is 11.0. The lowest BCUT2D eigenvalue weighted by Crippen LogP contribution is -2.16. The summed E-state index contributed by atoms with van der Waals surface area (Å²) in [7, 11) is 1.27. The van der Waals surface area contributed by atoms with Crippen LogP contribution in [0.15, 0.2) is 53.0 Å². The van der Waals surface area contributed by atoms with Crippen molar-refractivity contribution in [1.29, 1.82) is 0 Å². The van der Waals surface area contributed by atoms with Crippen molar-refractivity contribution in [3.05, 3.63) is 64.1 Å². The summed E-state index contributed by atoms with van der Waals surface area (Å²) in [5.74, 6) is -0.527. The highest BCUT2D eigenvalue weighted by molar-refractivity contribution is 9.10. The number of hydrogen-bond acceptors (Lipinski definition) is 3. The standard InChI is InChI=1S/C10H12N2O3.C6H5Br/c1-6-7(9(11)13)4-3-5-8(6)12-10(14)15-2;7-6-4-2-1-3-5-6/h3-5H,1-2H3,(H2,11,13)(H,12,14);1-5H. The van der Waals surface area contributed by atoms with Crippen LogP contribution in [0.1, 0.15) is 15.9 Å². The molecule has 0 aliphatic carbocycles. The van der Waals surface area contributed by atoms with Gasteiger partial charge in [-0.1, -0.05) is 40.2 Å². The molecule has 0 atom stereocenters. The Kier molecular flexibility index (Phi) is 7.12. The van der Waals surface area contributed by atoms with Crippen LogP contribution in [0, 0.1) is 6.92 Å². The molecule has 5 nitrogen and oxygen atoms in total. The van der Waals surface area contributed by atoms with E-state index in [1.54, 1.807) is 25.1 Å². The number of amides is 2. The molecule has 0 bridgehead atoms. The fraction of sp³-hybridized carbons (Fsp3) is 0.125. The molecule has 116 valence electrons. The van der Waals surface area contributed by atoms with Crippen molar-refractivity contribution >= 4 is 33.6 Å². The molecule has 0 heterocycles. The van der Waals surface area contributed by atoms with Gasteiger partial charge >= 0.3 is 6.09 Å². The number of primary amides is 1. The molecule has 3 N–H and O–H groups in total. The molecule has 0 aliphatic heterocycles. The number of hydrogen-bond donors (Lipinski definition) is 2. The lowest BCUT2D eigenvalue weighted by atomic mass is 10.1. The van der Waals surface area contributed by atoms with Gasteiger partial charge in [0.25, 0.3) is 0 Å². The SMILES string of the molecule is Brc1ccccc1.COC(=O)Nc1cccc(C(N)=O)c1C. The highest BCUT2D eigenvalue weighted by atomic mass is 79.9. The number of carbonyl (C=O) groups excluding carboxylic acids is 2. The molecule has 0 saturated carbocycles. The second-order valence-corrected chi connectivity index (χ2v) is 5.17. The first-order valence-corrected chi connectivity index (χ1v) is 7.20. The number of nitrogens with one attached hydrogen (secondary N) is 1. The summed E-state index contributed by atoms with van der Waals surface area (Å²) in [5, 5.41) is 2.49. The molecule has 0 saturated heterocycles. The Bertz CT molecular complexity index is 645. The summed E-state index contributed by atoms with van der Waals surface area (Å²) in [6, 6.07) is 14.9. The maximum Gasteiger partial charge on any atom is 0.411 e. The van der Waals surface area contributed by atoms with Crippen molar-refractivity contribution in [1.82, 2.24) is 0 Å². The van der Waals surface area contributed by atoms with E-state index in [-0.39, 0.29) is 0 Å². The van der Waals surface area contributed by atoms with Gasteiger partial charge in [-0.15, -0.1) is 0 Å². The van der Waals surface area contributed by atoms with Crippen molar-refractivity contribution in [3.63, 3.8) is 0 Å². The van der Waals surface area contributed by atoms with Gasteiger partial charge < -0.3 is 10.5 Å². The van der Waals surface area contributed by atoms with E-state index in [1.807, 2.05) is 30.3 Å². The van der Waals surface area contributed by atoms with Crippen LogP contribution in [0.4, 0.5) is 10.5 Å². The Morgan fingerprint density at radius 3 is 2.18 bits per heavy atom. The first-order chi connectivity index (χ1) is 10.5. The highest BCUT2D eigenvalue weighted by Crippen LogP contribution is 2.18. The first kappa shape index (κ1) is 17.7. The van der Waals surface area contributed by atoms with Gasteiger partial charge in [0.2, 0.25) is 5.91 Å². The number of methoxy groups -OCH3 is 1. The Balaban J connectivity index is 0.000000287. The zero-order valence-corrected chi connectivity index (χ0v) is 13.9. The minimum absolute atomic E-state index is 0.379. The first-order valence-electron chi connectivity index (χ1n) is 6.40. The van der Waals surface area contributed by atoms with Crippen LogP contribution in [-0.4, -0.2) is 19.1 Å². The smallest absolute Gasteiger partial charge is 0.411 e. The van der Waals surface area contributed by atoms with Crippen molar-refractivity contribution in [2.75, 3.05) is 12.4 Å². The van der Waals surface area contributed by atoms with Crippen LogP contribution in [0.3, 0.4) is 0 Å². The topological polar surface area (TPSA) is 81.4 Å². The van der Waals surface area contributed by atoms with Crippen LogP contribution in [0.5, 0.6) is 0 Å². The number of rotatable bonds is 2.